The van der Waals surface area contributed by atoms with Gasteiger partial charge in [0.2, 0.25) is 11.8 Å². The van der Waals surface area contributed by atoms with Gasteiger partial charge in [-0.05, 0) is 37.1 Å². The fourth-order valence-electron chi connectivity index (χ4n) is 3.88. The van der Waals surface area contributed by atoms with E-state index < -0.39 is 5.92 Å². The van der Waals surface area contributed by atoms with Crippen molar-refractivity contribution in [2.45, 2.75) is 26.7 Å². The molecule has 0 spiro atoms. The molecular formula is C21H32N4O2. The maximum atomic E-state index is 12.7. The minimum absolute atomic E-state index is 0.0756. The third-order valence-electron chi connectivity index (χ3n) is 5.82. The molecule has 27 heavy (non-hydrogen) atoms. The number of nitrogens with one attached hydrogen (secondary N) is 1. The third-order valence-corrected chi connectivity index (χ3v) is 5.82. The molecule has 0 radical (unpaired) electrons. The molecule has 2 aliphatic rings. The summed E-state index contributed by atoms with van der Waals surface area (Å²) in [6.45, 7) is 11.8. The summed E-state index contributed by atoms with van der Waals surface area (Å²) in [4.78, 5) is 31.7. The van der Waals surface area contributed by atoms with Crippen molar-refractivity contribution in [3.63, 3.8) is 0 Å². The minimum Gasteiger partial charge on any atom is -0.354 e. The lowest BCUT2D eigenvalue weighted by Gasteiger charge is -2.34. The zero-order valence-electron chi connectivity index (χ0n) is 16.6. The van der Waals surface area contributed by atoms with Gasteiger partial charge in [-0.25, -0.2) is 0 Å². The molecule has 2 saturated heterocycles. The smallest absolute Gasteiger partial charge is 0.239 e. The Morgan fingerprint density at radius 1 is 1.04 bits per heavy atom. The van der Waals surface area contributed by atoms with Gasteiger partial charge >= 0.3 is 0 Å². The van der Waals surface area contributed by atoms with E-state index in [9.17, 15) is 9.59 Å². The molecular weight excluding hydrogens is 340 g/mol. The second-order valence-electron chi connectivity index (χ2n) is 7.42. The topological polar surface area (TPSA) is 55.9 Å². The van der Waals surface area contributed by atoms with Crippen molar-refractivity contribution in [2.75, 3.05) is 57.3 Å². The highest BCUT2D eigenvalue weighted by molar-refractivity contribution is 6.09. The molecule has 1 atom stereocenters. The van der Waals surface area contributed by atoms with E-state index in [0.717, 1.165) is 51.4 Å². The number of hydrogen-bond donors (Lipinski definition) is 1. The van der Waals surface area contributed by atoms with Gasteiger partial charge in [-0.15, -0.1) is 0 Å². The van der Waals surface area contributed by atoms with E-state index >= 15 is 0 Å². The van der Waals surface area contributed by atoms with E-state index in [1.807, 2.05) is 24.3 Å². The molecule has 2 fully saturated rings. The lowest BCUT2D eigenvalue weighted by Crippen LogP contribution is -2.48. The first-order chi connectivity index (χ1) is 13.1. The van der Waals surface area contributed by atoms with Crippen molar-refractivity contribution >= 4 is 17.5 Å². The molecule has 0 bridgehead atoms. The van der Waals surface area contributed by atoms with Crippen molar-refractivity contribution in [3.8, 4) is 0 Å². The van der Waals surface area contributed by atoms with Crippen LogP contribution in [0.1, 0.15) is 25.8 Å². The van der Waals surface area contributed by atoms with E-state index in [-0.39, 0.29) is 11.8 Å². The van der Waals surface area contributed by atoms with Crippen LogP contribution in [0.3, 0.4) is 0 Å². The van der Waals surface area contributed by atoms with E-state index in [4.69, 9.17) is 0 Å². The molecule has 0 saturated carbocycles. The van der Waals surface area contributed by atoms with Crippen molar-refractivity contribution in [1.82, 2.24) is 15.1 Å². The van der Waals surface area contributed by atoms with E-state index in [1.165, 1.54) is 5.56 Å². The normalized spacial score (nSPS) is 21.6. The number of hydrogen-bond acceptors (Lipinski definition) is 4. The second-order valence-corrected chi connectivity index (χ2v) is 7.42. The standard InChI is InChI=1S/C21H32N4O2/c1-3-17-5-7-18(8-6-17)25-11-9-19(21(25)27)20(26)22-10-12-24-15-13-23(4-2)14-16-24/h5-8,19H,3-4,9-16H2,1-2H3,(H,22,26). The highest BCUT2D eigenvalue weighted by Gasteiger charge is 2.37. The lowest BCUT2D eigenvalue weighted by atomic mass is 10.1. The fourth-order valence-corrected chi connectivity index (χ4v) is 3.88. The van der Waals surface area contributed by atoms with Crippen molar-refractivity contribution in [1.29, 1.82) is 0 Å². The SMILES string of the molecule is CCc1ccc(N2CCC(C(=O)NCCN3CCN(CC)CC3)C2=O)cc1. The van der Waals surface area contributed by atoms with Crippen LogP contribution in [0.15, 0.2) is 24.3 Å². The minimum atomic E-state index is -0.548. The quantitative estimate of drug-likeness (QED) is 0.735. The van der Waals surface area contributed by atoms with Gasteiger partial charge in [0, 0.05) is 51.5 Å². The van der Waals surface area contributed by atoms with Crippen LogP contribution in [-0.2, 0) is 16.0 Å². The van der Waals surface area contributed by atoms with Crippen LogP contribution in [0.2, 0.25) is 0 Å². The highest BCUT2D eigenvalue weighted by Crippen LogP contribution is 2.25. The van der Waals surface area contributed by atoms with Gasteiger partial charge in [0.1, 0.15) is 5.92 Å². The maximum Gasteiger partial charge on any atom is 0.239 e. The molecule has 148 valence electrons. The van der Waals surface area contributed by atoms with Crippen LogP contribution in [0, 0.1) is 5.92 Å². The molecule has 2 heterocycles. The Bertz CT molecular complexity index is 638. The first-order valence-electron chi connectivity index (χ1n) is 10.2. The summed E-state index contributed by atoms with van der Waals surface area (Å²) in [5, 5.41) is 2.98. The van der Waals surface area contributed by atoms with Gasteiger partial charge in [-0.3, -0.25) is 14.5 Å². The molecule has 3 rings (SSSR count). The summed E-state index contributed by atoms with van der Waals surface area (Å²) in [6.07, 6.45) is 1.57. The average molecular weight is 373 g/mol. The summed E-state index contributed by atoms with van der Waals surface area (Å²) < 4.78 is 0. The van der Waals surface area contributed by atoms with E-state index in [0.29, 0.717) is 19.5 Å². The van der Waals surface area contributed by atoms with Gasteiger partial charge in [-0.1, -0.05) is 26.0 Å². The second kappa shape index (κ2) is 9.33. The van der Waals surface area contributed by atoms with Crippen LogP contribution in [0.5, 0.6) is 0 Å². The molecule has 2 aliphatic heterocycles. The summed E-state index contributed by atoms with van der Waals surface area (Å²) in [7, 11) is 0. The molecule has 0 aliphatic carbocycles. The van der Waals surface area contributed by atoms with Crippen molar-refractivity contribution in [3.05, 3.63) is 29.8 Å². The number of amides is 2. The Balaban J connectivity index is 1.44. The number of benzene rings is 1. The van der Waals surface area contributed by atoms with E-state index in [1.54, 1.807) is 4.90 Å². The van der Waals surface area contributed by atoms with Crippen LogP contribution in [0.4, 0.5) is 5.69 Å². The predicted molar refractivity (Wildman–Crippen MR) is 108 cm³/mol. The van der Waals surface area contributed by atoms with Gasteiger partial charge in [0.05, 0.1) is 0 Å². The number of anilines is 1. The maximum absolute atomic E-state index is 12.7. The summed E-state index contributed by atoms with van der Waals surface area (Å²) in [6, 6.07) is 8.06. The van der Waals surface area contributed by atoms with Gasteiger partial charge in [0.25, 0.3) is 0 Å². The van der Waals surface area contributed by atoms with Crippen LogP contribution in [0.25, 0.3) is 0 Å². The Morgan fingerprint density at radius 2 is 1.70 bits per heavy atom. The zero-order valence-corrected chi connectivity index (χ0v) is 16.6. The Morgan fingerprint density at radius 3 is 2.33 bits per heavy atom. The first-order valence-corrected chi connectivity index (χ1v) is 10.2. The molecule has 1 unspecified atom stereocenters. The number of aryl methyl sites for hydroxylation is 1. The molecule has 0 aromatic heterocycles. The van der Waals surface area contributed by atoms with Gasteiger partial charge < -0.3 is 15.1 Å². The number of carbonyl (C=O) groups is 2. The lowest BCUT2D eigenvalue weighted by molar-refractivity contribution is -0.132. The molecule has 1 aromatic rings. The fraction of sp³-hybridized carbons (Fsp3) is 0.619. The first kappa shape index (κ1) is 19.8. The number of piperazine rings is 1. The monoisotopic (exact) mass is 372 g/mol. The highest BCUT2D eigenvalue weighted by atomic mass is 16.2. The zero-order chi connectivity index (χ0) is 19.2. The van der Waals surface area contributed by atoms with E-state index in [2.05, 4.69) is 29.0 Å². The van der Waals surface area contributed by atoms with Gasteiger partial charge in [0.15, 0.2) is 0 Å². The van der Waals surface area contributed by atoms with Crippen molar-refractivity contribution in [2.24, 2.45) is 5.92 Å². The number of carbonyl (C=O) groups excluding carboxylic acids is 2. The Hall–Kier alpha value is -1.92. The molecule has 6 heteroatoms. The summed E-state index contributed by atoms with van der Waals surface area (Å²) >= 11 is 0. The summed E-state index contributed by atoms with van der Waals surface area (Å²) in [5.41, 5.74) is 2.14. The number of likely N-dealkylation sites (N-methyl/N-ethyl adjacent to an activating group) is 1. The van der Waals surface area contributed by atoms with Crippen molar-refractivity contribution < 1.29 is 9.59 Å². The summed E-state index contributed by atoms with van der Waals surface area (Å²) in [5.74, 6) is -0.749. The van der Waals surface area contributed by atoms with Crippen LogP contribution >= 0.6 is 0 Å². The van der Waals surface area contributed by atoms with Crippen LogP contribution in [-0.4, -0.2) is 74.0 Å². The molecule has 1 N–H and O–H groups in total. The van der Waals surface area contributed by atoms with Crippen LogP contribution < -0.4 is 10.2 Å². The Kier molecular flexibility index (Phi) is 6.85. The third kappa shape index (κ3) is 4.87. The van der Waals surface area contributed by atoms with Gasteiger partial charge in [-0.2, -0.15) is 0 Å². The predicted octanol–water partition coefficient (Wildman–Crippen LogP) is 1.36. The Labute approximate surface area is 162 Å². The average Bonchev–Trinajstić information content (AvgIpc) is 3.10. The number of nitrogens with zero attached hydrogens (tertiary/aromatic N) is 3. The molecule has 6 nitrogen and oxygen atoms in total. The largest absolute Gasteiger partial charge is 0.354 e. The molecule has 2 amide bonds. The molecule has 1 aromatic carbocycles. The number of rotatable bonds is 7.